The Morgan fingerprint density at radius 2 is 1.55 bits per heavy atom. The van der Waals surface area contributed by atoms with Crippen molar-refractivity contribution in [2.45, 2.75) is 78.9 Å². The molecule has 0 radical (unpaired) electrons. The van der Waals surface area contributed by atoms with Gasteiger partial charge in [0.15, 0.2) is 0 Å². The summed E-state index contributed by atoms with van der Waals surface area (Å²) in [6, 6.07) is 5.80. The number of methoxy groups -OCH3 is 1. The van der Waals surface area contributed by atoms with Crippen LogP contribution in [0.2, 0.25) is 0 Å². The van der Waals surface area contributed by atoms with Crippen molar-refractivity contribution < 1.29 is 37.6 Å². The summed E-state index contributed by atoms with van der Waals surface area (Å²) in [6.07, 6.45) is -1.60. The first-order valence-corrected chi connectivity index (χ1v) is 12.7. The quantitative estimate of drug-likeness (QED) is 0.231. The first-order valence-electron chi connectivity index (χ1n) is 10.9. The summed E-state index contributed by atoms with van der Waals surface area (Å²) in [6.45, 7) is 13.7. The summed E-state index contributed by atoms with van der Waals surface area (Å²) in [5.41, 5.74) is 0.359. The molecule has 1 N–H and O–H groups in total. The number of carbonyl (C=O) groups excluding carboxylic acids is 2. The zero-order chi connectivity index (χ0) is 25.4. The summed E-state index contributed by atoms with van der Waals surface area (Å²) >= 11 is 0. The lowest BCUT2D eigenvalue weighted by molar-refractivity contribution is -0.159. The van der Waals surface area contributed by atoms with E-state index in [1.807, 2.05) is 45.9 Å². The number of esters is 1. The maximum absolute atomic E-state index is 13.8. The number of hydrogen-bond donors (Lipinski definition) is 1. The van der Waals surface area contributed by atoms with Crippen LogP contribution in [-0.2, 0) is 28.3 Å². The molecule has 0 aromatic heterocycles. The maximum atomic E-state index is 13.8. The maximum Gasteiger partial charge on any atom is 0.511 e. The molecular formula is C23H38NO8P. The predicted molar refractivity (Wildman–Crippen MR) is 126 cm³/mol. The van der Waals surface area contributed by atoms with E-state index in [0.717, 1.165) is 11.1 Å². The number of rotatable bonds is 12. The number of nitrogens with one attached hydrogen (secondary N) is 1. The van der Waals surface area contributed by atoms with Crippen molar-refractivity contribution in [3.8, 4) is 5.75 Å². The molecule has 1 aromatic carbocycles. The van der Waals surface area contributed by atoms with Gasteiger partial charge in [0.2, 0.25) is 6.79 Å². The zero-order valence-corrected chi connectivity index (χ0v) is 22.0. The summed E-state index contributed by atoms with van der Waals surface area (Å²) in [4.78, 5) is 24.1. The number of carbonyl (C=O) groups is 2. The predicted octanol–water partition coefficient (Wildman–Crippen LogP) is 5.54. The third-order valence-electron chi connectivity index (χ3n) is 4.52. The highest BCUT2D eigenvalue weighted by Crippen LogP contribution is 2.49. The Hall–Kier alpha value is -2.09. The summed E-state index contributed by atoms with van der Waals surface area (Å²) in [7, 11) is -2.33. The van der Waals surface area contributed by atoms with Crippen molar-refractivity contribution in [3.63, 3.8) is 0 Å². The molecule has 0 aliphatic carbocycles. The fourth-order valence-electron chi connectivity index (χ4n) is 3.00. The first-order chi connectivity index (χ1) is 15.2. The number of benzene rings is 1. The van der Waals surface area contributed by atoms with Gasteiger partial charge in [-0.25, -0.2) is 14.7 Å². The first kappa shape index (κ1) is 28.9. The van der Waals surface area contributed by atoms with Crippen molar-refractivity contribution in [1.29, 1.82) is 0 Å². The zero-order valence-electron chi connectivity index (χ0n) is 21.1. The second-order valence-electron chi connectivity index (χ2n) is 9.10. The molecule has 0 aliphatic heterocycles. The molecule has 10 heteroatoms. The highest BCUT2D eigenvalue weighted by atomic mass is 31.2. The second kappa shape index (κ2) is 12.4. The van der Waals surface area contributed by atoms with Crippen molar-refractivity contribution in [1.82, 2.24) is 5.09 Å². The van der Waals surface area contributed by atoms with Gasteiger partial charge in [-0.05, 0) is 50.7 Å². The van der Waals surface area contributed by atoms with Gasteiger partial charge in [-0.1, -0.05) is 45.9 Å². The molecule has 0 aliphatic rings. The van der Waals surface area contributed by atoms with E-state index in [2.05, 4.69) is 5.09 Å². The molecule has 0 bridgehead atoms. The number of hydrogen-bond acceptors (Lipinski definition) is 8. The molecule has 0 heterocycles. The number of ether oxygens (including phenoxy) is 4. The van der Waals surface area contributed by atoms with Gasteiger partial charge in [-0.2, -0.15) is 0 Å². The van der Waals surface area contributed by atoms with E-state index in [-0.39, 0.29) is 24.3 Å². The lowest BCUT2D eigenvalue weighted by atomic mass is 9.94. The van der Waals surface area contributed by atoms with Gasteiger partial charge in [-0.3, -0.25) is 4.57 Å². The van der Waals surface area contributed by atoms with E-state index in [1.165, 1.54) is 21.0 Å². The van der Waals surface area contributed by atoms with Crippen LogP contribution in [-0.4, -0.2) is 44.0 Å². The molecule has 0 saturated carbocycles. The van der Waals surface area contributed by atoms with Crippen LogP contribution >= 0.6 is 7.52 Å². The van der Waals surface area contributed by atoms with Crippen LogP contribution in [0.1, 0.15) is 78.4 Å². The average molecular weight is 488 g/mol. The highest BCUT2D eigenvalue weighted by Gasteiger charge is 2.40. The van der Waals surface area contributed by atoms with Crippen LogP contribution in [0.15, 0.2) is 18.2 Å². The second-order valence-corrected chi connectivity index (χ2v) is 11.1. The molecule has 188 valence electrons. The minimum Gasteiger partial charge on any atom is -0.431 e. The molecule has 0 spiro atoms. The summed E-state index contributed by atoms with van der Waals surface area (Å²) in [5.74, 6) is -0.0360. The van der Waals surface area contributed by atoms with E-state index in [4.69, 9.17) is 23.5 Å². The van der Waals surface area contributed by atoms with Gasteiger partial charge in [0.25, 0.3) is 0 Å². The van der Waals surface area contributed by atoms with Crippen LogP contribution in [0.4, 0.5) is 4.79 Å². The van der Waals surface area contributed by atoms with Crippen LogP contribution in [0, 0.1) is 0 Å². The topological polar surface area (TPSA) is 109 Å². The van der Waals surface area contributed by atoms with Crippen molar-refractivity contribution in [2.24, 2.45) is 0 Å². The third kappa shape index (κ3) is 8.99. The Kier molecular flexibility index (Phi) is 10.9. The van der Waals surface area contributed by atoms with E-state index >= 15 is 0 Å². The molecular weight excluding hydrogens is 449 g/mol. The molecule has 33 heavy (non-hydrogen) atoms. The van der Waals surface area contributed by atoms with E-state index in [1.54, 1.807) is 13.8 Å². The monoisotopic (exact) mass is 487 g/mol. The van der Waals surface area contributed by atoms with E-state index < -0.39 is 32.0 Å². The van der Waals surface area contributed by atoms with Crippen LogP contribution in [0.5, 0.6) is 5.75 Å². The Morgan fingerprint density at radius 3 is 2.00 bits per heavy atom. The Labute approximate surface area is 197 Å². The largest absolute Gasteiger partial charge is 0.511 e. The fraction of sp³-hybridized carbons (Fsp3) is 0.652. The Balaban J connectivity index is 3.07. The molecule has 1 rings (SSSR count). The summed E-state index contributed by atoms with van der Waals surface area (Å²) < 4.78 is 39.6. The van der Waals surface area contributed by atoms with Crippen LogP contribution < -0.4 is 9.61 Å². The van der Waals surface area contributed by atoms with Gasteiger partial charge in [0.05, 0.1) is 6.10 Å². The molecule has 0 fully saturated rings. The summed E-state index contributed by atoms with van der Waals surface area (Å²) in [5, 5.41) is 2.78. The lowest BCUT2D eigenvalue weighted by Crippen LogP contribution is -2.47. The molecule has 0 saturated heterocycles. The molecule has 1 unspecified atom stereocenters. The smallest absolute Gasteiger partial charge is 0.431 e. The van der Waals surface area contributed by atoms with Gasteiger partial charge >= 0.3 is 19.6 Å². The highest BCUT2D eigenvalue weighted by molar-refractivity contribution is 7.57. The minimum atomic E-state index is -3.73. The third-order valence-corrected chi connectivity index (χ3v) is 6.49. The van der Waals surface area contributed by atoms with E-state index in [0.29, 0.717) is 5.75 Å². The lowest BCUT2D eigenvalue weighted by Gasteiger charge is -2.31. The van der Waals surface area contributed by atoms with Gasteiger partial charge in [0, 0.05) is 7.11 Å². The Bertz CT molecular complexity index is 825. The van der Waals surface area contributed by atoms with Crippen LogP contribution in [0.3, 0.4) is 0 Å². The van der Waals surface area contributed by atoms with Gasteiger partial charge in [-0.15, -0.1) is 0 Å². The van der Waals surface area contributed by atoms with E-state index in [9.17, 15) is 14.2 Å². The van der Waals surface area contributed by atoms with Gasteiger partial charge in [0.1, 0.15) is 17.6 Å². The van der Waals surface area contributed by atoms with Crippen molar-refractivity contribution in [3.05, 3.63) is 29.3 Å². The molecule has 1 aromatic rings. The standard InChI is InChI=1S/C23H38NO8P/c1-15(2)18-11-10-12-19(16(3)4)20(18)32-33(27,14-28-9)24-23(7,8)21(25)29-13-30-22(26)31-17(5)6/h10-12,15-17H,13-14H2,1-9H3,(H,24,27). The Morgan fingerprint density at radius 1 is 1.00 bits per heavy atom. The molecule has 0 amide bonds. The molecule has 1 atom stereocenters. The SMILES string of the molecule is COCP(=O)(NC(C)(C)C(=O)OCOC(=O)OC(C)C)Oc1c(C(C)C)cccc1C(C)C. The van der Waals surface area contributed by atoms with Gasteiger partial charge < -0.3 is 23.5 Å². The van der Waals surface area contributed by atoms with Crippen molar-refractivity contribution in [2.75, 3.05) is 20.3 Å². The number of para-hydroxylation sites is 1. The van der Waals surface area contributed by atoms with Crippen molar-refractivity contribution >= 4 is 19.6 Å². The fourth-order valence-corrected chi connectivity index (χ4v) is 4.95. The normalized spacial score (nSPS) is 13.7. The minimum absolute atomic E-state index is 0.121. The average Bonchev–Trinajstić information content (AvgIpc) is 2.66. The van der Waals surface area contributed by atoms with Crippen LogP contribution in [0.25, 0.3) is 0 Å². The molecule has 9 nitrogen and oxygen atoms in total.